The smallest absolute Gasteiger partial charge is 0.307 e. The summed E-state index contributed by atoms with van der Waals surface area (Å²) in [6.07, 6.45) is -0.0267. The van der Waals surface area contributed by atoms with Gasteiger partial charge in [0, 0.05) is 11.3 Å². The van der Waals surface area contributed by atoms with E-state index in [-0.39, 0.29) is 17.7 Å². The standard InChI is InChI=1S/C19H21NO3/c1-19(2,3)16-7-5-4-6-15(16)18(23)20-14-10-8-13(9-11-14)12-17(21)22/h4-11H,12H2,1-3H3,(H,20,23)(H,21,22). The van der Waals surface area contributed by atoms with E-state index in [1.54, 1.807) is 24.3 Å². The summed E-state index contributed by atoms with van der Waals surface area (Å²) < 4.78 is 0. The van der Waals surface area contributed by atoms with Crippen LogP contribution < -0.4 is 5.32 Å². The third-order valence-corrected chi connectivity index (χ3v) is 3.55. The molecule has 4 heteroatoms. The second-order valence-electron chi connectivity index (χ2n) is 6.52. The number of rotatable bonds is 4. The van der Waals surface area contributed by atoms with Crippen molar-refractivity contribution < 1.29 is 14.7 Å². The van der Waals surface area contributed by atoms with Gasteiger partial charge in [0.15, 0.2) is 0 Å². The van der Waals surface area contributed by atoms with Gasteiger partial charge in [-0.2, -0.15) is 0 Å². The van der Waals surface area contributed by atoms with E-state index in [1.807, 2.05) is 24.3 Å². The summed E-state index contributed by atoms with van der Waals surface area (Å²) in [5.74, 6) is -1.04. The zero-order valence-corrected chi connectivity index (χ0v) is 13.6. The van der Waals surface area contributed by atoms with Crippen LogP contribution in [0.4, 0.5) is 5.69 Å². The molecule has 0 unspecified atom stereocenters. The van der Waals surface area contributed by atoms with E-state index in [0.717, 1.165) is 5.56 Å². The van der Waals surface area contributed by atoms with Gasteiger partial charge in [0.05, 0.1) is 6.42 Å². The van der Waals surface area contributed by atoms with Crippen LogP contribution >= 0.6 is 0 Å². The van der Waals surface area contributed by atoms with Crippen molar-refractivity contribution in [2.24, 2.45) is 0 Å². The number of hydrogen-bond acceptors (Lipinski definition) is 2. The van der Waals surface area contributed by atoms with Gasteiger partial charge in [-0.15, -0.1) is 0 Å². The van der Waals surface area contributed by atoms with E-state index in [1.165, 1.54) is 0 Å². The number of amides is 1. The largest absolute Gasteiger partial charge is 0.481 e. The number of aliphatic carboxylic acids is 1. The average molecular weight is 311 g/mol. The summed E-state index contributed by atoms with van der Waals surface area (Å²) in [6, 6.07) is 14.4. The molecule has 2 rings (SSSR count). The van der Waals surface area contributed by atoms with Crippen molar-refractivity contribution in [2.45, 2.75) is 32.6 Å². The molecule has 0 aromatic heterocycles. The molecule has 2 N–H and O–H groups in total. The average Bonchev–Trinajstić information content (AvgIpc) is 2.48. The number of benzene rings is 2. The van der Waals surface area contributed by atoms with Crippen LogP contribution in [0.5, 0.6) is 0 Å². The van der Waals surface area contributed by atoms with E-state index < -0.39 is 5.97 Å². The maximum Gasteiger partial charge on any atom is 0.307 e. The Morgan fingerprint density at radius 1 is 1.00 bits per heavy atom. The van der Waals surface area contributed by atoms with Crippen molar-refractivity contribution >= 4 is 17.6 Å². The van der Waals surface area contributed by atoms with Crippen LogP contribution in [0, 0.1) is 0 Å². The molecule has 0 heterocycles. The van der Waals surface area contributed by atoms with E-state index in [4.69, 9.17) is 5.11 Å². The zero-order chi connectivity index (χ0) is 17.0. The molecular formula is C19H21NO3. The maximum atomic E-state index is 12.5. The van der Waals surface area contributed by atoms with E-state index in [2.05, 4.69) is 26.1 Å². The van der Waals surface area contributed by atoms with Crippen LogP contribution in [0.25, 0.3) is 0 Å². The van der Waals surface area contributed by atoms with Crippen LogP contribution in [-0.2, 0) is 16.6 Å². The first kappa shape index (κ1) is 16.7. The summed E-state index contributed by atoms with van der Waals surface area (Å²) in [5, 5.41) is 11.6. The van der Waals surface area contributed by atoms with E-state index in [0.29, 0.717) is 16.8 Å². The SMILES string of the molecule is CC(C)(C)c1ccccc1C(=O)Nc1ccc(CC(=O)O)cc1. The molecule has 0 saturated carbocycles. The Morgan fingerprint density at radius 2 is 1.61 bits per heavy atom. The molecule has 2 aromatic carbocycles. The lowest BCUT2D eigenvalue weighted by Crippen LogP contribution is -2.20. The summed E-state index contributed by atoms with van der Waals surface area (Å²) in [4.78, 5) is 23.2. The Balaban J connectivity index is 2.18. The van der Waals surface area contributed by atoms with Crippen LogP contribution in [0.1, 0.15) is 42.3 Å². The number of carboxylic acid groups (broad SMARTS) is 1. The lowest BCUT2D eigenvalue weighted by Gasteiger charge is -2.22. The first-order valence-electron chi connectivity index (χ1n) is 7.49. The minimum atomic E-state index is -0.874. The van der Waals surface area contributed by atoms with Gasteiger partial charge in [0.1, 0.15) is 0 Å². The fourth-order valence-electron chi connectivity index (χ4n) is 2.41. The van der Waals surface area contributed by atoms with Crippen LogP contribution in [0.15, 0.2) is 48.5 Å². The van der Waals surface area contributed by atoms with Crippen LogP contribution in [-0.4, -0.2) is 17.0 Å². The Hall–Kier alpha value is -2.62. The third-order valence-electron chi connectivity index (χ3n) is 3.55. The number of carbonyl (C=O) groups is 2. The third kappa shape index (κ3) is 4.42. The molecular weight excluding hydrogens is 290 g/mol. The van der Waals surface area contributed by atoms with Gasteiger partial charge in [-0.1, -0.05) is 51.1 Å². The highest BCUT2D eigenvalue weighted by atomic mass is 16.4. The highest BCUT2D eigenvalue weighted by Crippen LogP contribution is 2.26. The second-order valence-corrected chi connectivity index (χ2v) is 6.52. The van der Waals surface area contributed by atoms with Crippen LogP contribution in [0.2, 0.25) is 0 Å². The summed E-state index contributed by atoms with van der Waals surface area (Å²) in [6.45, 7) is 6.21. The number of hydrogen-bond donors (Lipinski definition) is 2. The van der Waals surface area contributed by atoms with Gasteiger partial charge < -0.3 is 10.4 Å². The minimum absolute atomic E-state index is 0.0267. The predicted octanol–water partition coefficient (Wildman–Crippen LogP) is 3.86. The lowest BCUT2D eigenvalue weighted by atomic mass is 9.83. The molecule has 0 aliphatic carbocycles. The molecule has 0 radical (unpaired) electrons. The molecule has 0 fully saturated rings. The molecule has 0 spiro atoms. The molecule has 0 bridgehead atoms. The summed E-state index contributed by atoms with van der Waals surface area (Å²) in [5.41, 5.74) is 2.85. The maximum absolute atomic E-state index is 12.5. The van der Waals surface area contributed by atoms with Gasteiger partial charge in [0.25, 0.3) is 5.91 Å². The molecule has 0 aliphatic rings. The zero-order valence-electron chi connectivity index (χ0n) is 13.6. The molecule has 2 aromatic rings. The van der Waals surface area contributed by atoms with Crippen molar-refractivity contribution in [3.63, 3.8) is 0 Å². The van der Waals surface area contributed by atoms with E-state index in [9.17, 15) is 9.59 Å². The van der Waals surface area contributed by atoms with Gasteiger partial charge >= 0.3 is 5.97 Å². The number of carboxylic acids is 1. The fraction of sp³-hybridized carbons (Fsp3) is 0.263. The molecule has 23 heavy (non-hydrogen) atoms. The monoisotopic (exact) mass is 311 g/mol. The topological polar surface area (TPSA) is 66.4 Å². The quantitative estimate of drug-likeness (QED) is 0.901. The highest BCUT2D eigenvalue weighted by Gasteiger charge is 2.21. The molecule has 1 amide bonds. The normalized spacial score (nSPS) is 11.1. The van der Waals surface area contributed by atoms with Gasteiger partial charge in [-0.25, -0.2) is 0 Å². The van der Waals surface area contributed by atoms with Crippen LogP contribution in [0.3, 0.4) is 0 Å². The minimum Gasteiger partial charge on any atom is -0.481 e. The second kappa shape index (κ2) is 6.65. The van der Waals surface area contributed by atoms with Crippen molar-refractivity contribution in [2.75, 3.05) is 5.32 Å². The van der Waals surface area contributed by atoms with E-state index >= 15 is 0 Å². The van der Waals surface area contributed by atoms with Gasteiger partial charge in [0.2, 0.25) is 0 Å². The van der Waals surface area contributed by atoms with Gasteiger partial charge in [-0.05, 0) is 34.7 Å². The number of anilines is 1. The number of nitrogens with one attached hydrogen (secondary N) is 1. The Morgan fingerprint density at radius 3 is 2.17 bits per heavy atom. The molecule has 4 nitrogen and oxygen atoms in total. The number of carbonyl (C=O) groups excluding carboxylic acids is 1. The Labute approximate surface area is 136 Å². The lowest BCUT2D eigenvalue weighted by molar-refractivity contribution is -0.136. The summed E-state index contributed by atoms with van der Waals surface area (Å²) in [7, 11) is 0. The van der Waals surface area contributed by atoms with Crippen molar-refractivity contribution in [1.29, 1.82) is 0 Å². The highest BCUT2D eigenvalue weighted by molar-refractivity contribution is 6.05. The van der Waals surface area contributed by atoms with Crippen molar-refractivity contribution in [3.05, 3.63) is 65.2 Å². The van der Waals surface area contributed by atoms with Gasteiger partial charge in [-0.3, -0.25) is 9.59 Å². The summed E-state index contributed by atoms with van der Waals surface area (Å²) >= 11 is 0. The first-order valence-corrected chi connectivity index (χ1v) is 7.49. The Bertz CT molecular complexity index is 712. The van der Waals surface area contributed by atoms with Crippen molar-refractivity contribution in [1.82, 2.24) is 0 Å². The fourth-order valence-corrected chi connectivity index (χ4v) is 2.41. The van der Waals surface area contributed by atoms with Crippen molar-refractivity contribution in [3.8, 4) is 0 Å². The Kier molecular flexibility index (Phi) is 4.84. The predicted molar refractivity (Wildman–Crippen MR) is 90.9 cm³/mol. The first-order chi connectivity index (χ1) is 10.8. The molecule has 0 aliphatic heterocycles. The molecule has 120 valence electrons. The molecule has 0 atom stereocenters. The molecule has 0 saturated heterocycles.